The van der Waals surface area contributed by atoms with Crippen molar-refractivity contribution >= 4 is 0 Å². The van der Waals surface area contributed by atoms with Gasteiger partial charge in [0.15, 0.2) is 0 Å². The molecule has 0 saturated carbocycles. The molecule has 2 aliphatic rings. The van der Waals surface area contributed by atoms with Crippen LogP contribution in [-0.2, 0) is 15.0 Å². The van der Waals surface area contributed by atoms with E-state index >= 15 is 0 Å². The molecule has 13 heavy (non-hydrogen) atoms. The Morgan fingerprint density at radius 3 is 1.69 bits per heavy atom. The first kappa shape index (κ1) is 9.05. The summed E-state index contributed by atoms with van der Waals surface area (Å²) in [5, 5.41) is 0. The summed E-state index contributed by atoms with van der Waals surface area (Å²) < 4.78 is 3.22. The molecule has 0 bridgehead atoms. The molecule has 2 aliphatic carbocycles. The van der Waals surface area contributed by atoms with Crippen LogP contribution in [0.5, 0.6) is 0 Å². The number of rotatable bonds is 2. The second-order valence-corrected chi connectivity index (χ2v) is 5.06. The van der Waals surface area contributed by atoms with Crippen LogP contribution in [0.3, 0.4) is 0 Å². The van der Waals surface area contributed by atoms with Crippen LogP contribution >= 0.6 is 0 Å². The van der Waals surface area contributed by atoms with E-state index in [-0.39, 0.29) is 0 Å². The van der Waals surface area contributed by atoms with Gasteiger partial charge in [0.05, 0.1) is 0 Å². The van der Waals surface area contributed by atoms with Crippen molar-refractivity contribution in [3.05, 3.63) is 44.4 Å². The molecule has 0 aromatic heterocycles. The molecular formula is C12H14Fe. The van der Waals surface area contributed by atoms with Gasteiger partial charge >= 0.3 is 86.0 Å². The van der Waals surface area contributed by atoms with Gasteiger partial charge in [-0.1, -0.05) is 0 Å². The number of hydrogen-bond donors (Lipinski definition) is 0. The molecule has 0 fully saturated rings. The van der Waals surface area contributed by atoms with Gasteiger partial charge in [-0.05, 0) is 0 Å². The standard InChI is InChI=1S/2C6H7.Fe/c2*1-6-4-2-3-5-6;/h2*2,4H,3H2,1H3;. The number of allylic oxidation sites excluding steroid dienone is 8. The SMILES string of the molecule is CC1=[C]([Fe][C]2=C(C)C=CC2)CC=C1. The molecule has 0 nitrogen and oxygen atoms in total. The molecule has 0 unspecified atom stereocenters. The van der Waals surface area contributed by atoms with Gasteiger partial charge in [0.2, 0.25) is 0 Å². The van der Waals surface area contributed by atoms with Crippen LogP contribution < -0.4 is 0 Å². The molecule has 0 N–H and O–H groups in total. The molecule has 70 valence electrons. The third-order valence-electron chi connectivity index (χ3n) is 2.37. The predicted molar refractivity (Wildman–Crippen MR) is 52.9 cm³/mol. The maximum absolute atomic E-state index is 2.27. The monoisotopic (exact) mass is 214 g/mol. The molecule has 0 amide bonds. The first-order valence-corrected chi connectivity index (χ1v) is 5.73. The summed E-state index contributed by atoms with van der Waals surface area (Å²) in [4.78, 5) is 0. The van der Waals surface area contributed by atoms with Crippen molar-refractivity contribution in [3.63, 3.8) is 0 Å². The van der Waals surface area contributed by atoms with Crippen molar-refractivity contribution in [2.45, 2.75) is 26.7 Å². The van der Waals surface area contributed by atoms with E-state index in [2.05, 4.69) is 38.2 Å². The minimum absolute atomic E-state index is 1.17. The molecule has 1 heteroatoms. The molecule has 0 aromatic rings. The molecule has 0 radical (unpaired) electrons. The van der Waals surface area contributed by atoms with Crippen LogP contribution in [0.25, 0.3) is 0 Å². The van der Waals surface area contributed by atoms with Crippen molar-refractivity contribution in [2.75, 3.05) is 0 Å². The van der Waals surface area contributed by atoms with Gasteiger partial charge in [-0.15, -0.1) is 0 Å². The fraction of sp³-hybridized carbons (Fsp3) is 0.333. The van der Waals surface area contributed by atoms with Crippen molar-refractivity contribution in [2.24, 2.45) is 0 Å². The summed E-state index contributed by atoms with van der Waals surface area (Å²) >= 11 is 1.19. The van der Waals surface area contributed by atoms with Gasteiger partial charge in [0.1, 0.15) is 0 Å². The third-order valence-corrected chi connectivity index (χ3v) is 4.36. The second-order valence-electron chi connectivity index (χ2n) is 3.45. The second kappa shape index (κ2) is 3.69. The van der Waals surface area contributed by atoms with E-state index in [0.29, 0.717) is 0 Å². The Labute approximate surface area is 86.3 Å². The molecule has 2 rings (SSSR count). The Balaban J connectivity index is 2.08. The van der Waals surface area contributed by atoms with Crippen LogP contribution in [0.1, 0.15) is 26.7 Å². The summed E-state index contributed by atoms with van der Waals surface area (Å²) in [6.07, 6.45) is 11.4. The van der Waals surface area contributed by atoms with Crippen molar-refractivity contribution in [1.82, 2.24) is 0 Å². The third kappa shape index (κ3) is 1.87. The summed E-state index contributed by atoms with van der Waals surface area (Å²) in [6.45, 7) is 4.44. The zero-order valence-corrected chi connectivity index (χ0v) is 9.18. The van der Waals surface area contributed by atoms with Crippen LogP contribution in [0.15, 0.2) is 44.4 Å². The van der Waals surface area contributed by atoms with E-state index in [1.54, 1.807) is 8.94 Å². The number of hydrogen-bond acceptors (Lipinski definition) is 0. The molecule has 0 saturated heterocycles. The van der Waals surface area contributed by atoms with Crippen LogP contribution in [0.4, 0.5) is 0 Å². The fourth-order valence-corrected chi connectivity index (χ4v) is 3.02. The van der Waals surface area contributed by atoms with E-state index in [0.717, 1.165) is 0 Å². The van der Waals surface area contributed by atoms with Gasteiger partial charge in [0.25, 0.3) is 0 Å². The van der Waals surface area contributed by atoms with Crippen molar-refractivity contribution in [3.8, 4) is 0 Å². The van der Waals surface area contributed by atoms with E-state index in [9.17, 15) is 0 Å². The van der Waals surface area contributed by atoms with Gasteiger partial charge in [-0.3, -0.25) is 0 Å². The minimum atomic E-state index is 1.17. The molecule has 0 aromatic carbocycles. The van der Waals surface area contributed by atoms with Crippen LogP contribution in [0, 0.1) is 0 Å². The van der Waals surface area contributed by atoms with E-state index in [1.807, 2.05) is 0 Å². The summed E-state index contributed by atoms with van der Waals surface area (Å²) in [7, 11) is 0. The van der Waals surface area contributed by atoms with Gasteiger partial charge < -0.3 is 0 Å². The zero-order valence-electron chi connectivity index (χ0n) is 8.08. The molecular weight excluding hydrogens is 200 g/mol. The van der Waals surface area contributed by atoms with Gasteiger partial charge in [0, 0.05) is 0 Å². The quantitative estimate of drug-likeness (QED) is 0.616. The first-order chi connectivity index (χ1) is 6.27. The van der Waals surface area contributed by atoms with E-state index in [1.165, 1.54) is 38.9 Å². The molecule has 0 atom stereocenters. The Bertz CT molecular complexity index is 306. The Morgan fingerprint density at radius 2 is 1.38 bits per heavy atom. The van der Waals surface area contributed by atoms with E-state index < -0.39 is 0 Å². The zero-order chi connectivity index (χ0) is 9.26. The average Bonchev–Trinajstić information content (AvgIpc) is 2.65. The van der Waals surface area contributed by atoms with Gasteiger partial charge in [-0.2, -0.15) is 0 Å². The predicted octanol–water partition coefficient (Wildman–Crippen LogP) is 3.54. The van der Waals surface area contributed by atoms with E-state index in [4.69, 9.17) is 0 Å². The average molecular weight is 214 g/mol. The first-order valence-electron chi connectivity index (χ1n) is 4.62. The fourth-order valence-electron chi connectivity index (χ4n) is 1.51. The van der Waals surface area contributed by atoms with Crippen LogP contribution in [-0.4, -0.2) is 0 Å². The Kier molecular flexibility index (Phi) is 2.57. The summed E-state index contributed by atoms with van der Waals surface area (Å²) in [6, 6.07) is 0. The van der Waals surface area contributed by atoms with Gasteiger partial charge in [-0.25, -0.2) is 0 Å². The molecule has 0 spiro atoms. The van der Waals surface area contributed by atoms with Crippen molar-refractivity contribution < 1.29 is 15.0 Å². The van der Waals surface area contributed by atoms with Crippen molar-refractivity contribution in [1.29, 1.82) is 0 Å². The molecule has 0 aliphatic heterocycles. The summed E-state index contributed by atoms with van der Waals surface area (Å²) in [5.41, 5.74) is 2.96. The maximum atomic E-state index is 2.27. The summed E-state index contributed by atoms with van der Waals surface area (Å²) in [5.74, 6) is 0. The Morgan fingerprint density at radius 1 is 0.923 bits per heavy atom. The van der Waals surface area contributed by atoms with Crippen LogP contribution in [0.2, 0.25) is 0 Å². The Hall–Kier alpha value is -0.521. The normalized spacial score (nSPS) is 21.4. The molecule has 0 heterocycles. The topological polar surface area (TPSA) is 0 Å².